The summed E-state index contributed by atoms with van der Waals surface area (Å²) in [4.78, 5) is 16.4. The molecule has 0 aromatic rings. The van der Waals surface area contributed by atoms with E-state index in [-0.39, 0.29) is 30.4 Å². The Balaban J connectivity index is 0.00000289. The van der Waals surface area contributed by atoms with Crippen LogP contribution in [-0.4, -0.2) is 54.0 Å². The molecular weight excluding hydrogens is 250 g/mol. The molecule has 1 unspecified atom stereocenters. The van der Waals surface area contributed by atoms with Gasteiger partial charge in [0.15, 0.2) is 0 Å². The van der Waals surface area contributed by atoms with Gasteiger partial charge in [-0.15, -0.1) is 12.4 Å². The maximum absolute atomic E-state index is 12.2. The van der Waals surface area contributed by atoms with Crippen molar-refractivity contribution in [2.75, 3.05) is 26.2 Å². The second kappa shape index (κ2) is 7.97. The highest BCUT2D eigenvalue weighted by Crippen LogP contribution is 2.15. The lowest BCUT2D eigenvalue weighted by Gasteiger charge is -2.32. The smallest absolute Gasteiger partial charge is 0.237 e. The Morgan fingerprint density at radius 2 is 1.89 bits per heavy atom. The van der Waals surface area contributed by atoms with Crippen LogP contribution in [0.15, 0.2) is 0 Å². The molecule has 1 amide bonds. The summed E-state index contributed by atoms with van der Waals surface area (Å²) < 4.78 is 0. The van der Waals surface area contributed by atoms with Crippen LogP contribution in [-0.2, 0) is 4.79 Å². The van der Waals surface area contributed by atoms with E-state index in [4.69, 9.17) is 5.73 Å². The second-order valence-corrected chi connectivity index (χ2v) is 5.61. The van der Waals surface area contributed by atoms with Gasteiger partial charge in [-0.25, -0.2) is 0 Å². The molecule has 1 atom stereocenters. The molecule has 1 aliphatic heterocycles. The van der Waals surface area contributed by atoms with E-state index in [1.807, 2.05) is 4.90 Å². The Morgan fingerprint density at radius 1 is 1.33 bits per heavy atom. The summed E-state index contributed by atoms with van der Waals surface area (Å²) in [5.41, 5.74) is 5.66. The third kappa shape index (κ3) is 4.75. The number of hydrogen-bond donors (Lipinski definition) is 1. The standard InChI is InChI=1S/C13H27N3O.ClH/c1-10(2)16(11(3)4)13(17)9-15-6-5-12(7-14)8-15;/h10-12H,5-9,14H2,1-4H3;1H. The topological polar surface area (TPSA) is 49.6 Å². The molecule has 1 fully saturated rings. The molecule has 18 heavy (non-hydrogen) atoms. The normalized spacial score (nSPS) is 20.3. The van der Waals surface area contributed by atoms with Gasteiger partial charge in [0, 0.05) is 18.6 Å². The van der Waals surface area contributed by atoms with Gasteiger partial charge in [0.25, 0.3) is 0 Å². The molecule has 0 aromatic carbocycles. The van der Waals surface area contributed by atoms with Crippen molar-refractivity contribution in [3.05, 3.63) is 0 Å². The van der Waals surface area contributed by atoms with Crippen LogP contribution in [0.1, 0.15) is 34.1 Å². The molecule has 0 saturated carbocycles. The third-order valence-corrected chi connectivity index (χ3v) is 3.46. The summed E-state index contributed by atoms with van der Waals surface area (Å²) in [6.45, 7) is 11.6. The first-order chi connectivity index (χ1) is 7.95. The molecule has 4 nitrogen and oxygen atoms in total. The fourth-order valence-corrected chi connectivity index (χ4v) is 2.69. The first-order valence-electron chi connectivity index (χ1n) is 6.69. The minimum Gasteiger partial charge on any atom is -0.337 e. The van der Waals surface area contributed by atoms with Crippen molar-refractivity contribution in [3.8, 4) is 0 Å². The number of amides is 1. The van der Waals surface area contributed by atoms with E-state index >= 15 is 0 Å². The number of halogens is 1. The van der Waals surface area contributed by atoms with Crippen LogP contribution >= 0.6 is 12.4 Å². The number of carbonyl (C=O) groups is 1. The Hall–Kier alpha value is -0.320. The summed E-state index contributed by atoms with van der Waals surface area (Å²) in [5, 5.41) is 0. The number of rotatable bonds is 5. The molecule has 0 radical (unpaired) electrons. The summed E-state index contributed by atoms with van der Waals surface area (Å²) in [6, 6.07) is 0.547. The molecule has 1 rings (SSSR count). The number of likely N-dealkylation sites (tertiary alicyclic amines) is 1. The minimum absolute atomic E-state index is 0. The second-order valence-electron chi connectivity index (χ2n) is 5.61. The average molecular weight is 278 g/mol. The lowest BCUT2D eigenvalue weighted by Crippen LogP contribution is -2.46. The SMILES string of the molecule is CC(C)N(C(=O)CN1CCC(CN)C1)C(C)C.Cl. The molecule has 0 spiro atoms. The summed E-state index contributed by atoms with van der Waals surface area (Å²) in [7, 11) is 0. The molecule has 0 aromatic heterocycles. The van der Waals surface area contributed by atoms with Crippen molar-refractivity contribution in [2.45, 2.75) is 46.2 Å². The quantitative estimate of drug-likeness (QED) is 0.825. The highest BCUT2D eigenvalue weighted by Gasteiger charge is 2.26. The first kappa shape index (κ1) is 17.7. The van der Waals surface area contributed by atoms with Gasteiger partial charge < -0.3 is 10.6 Å². The van der Waals surface area contributed by atoms with Crippen molar-refractivity contribution in [3.63, 3.8) is 0 Å². The Morgan fingerprint density at radius 3 is 2.28 bits per heavy atom. The Kier molecular flexibility index (Phi) is 7.83. The maximum Gasteiger partial charge on any atom is 0.237 e. The molecule has 0 bridgehead atoms. The monoisotopic (exact) mass is 277 g/mol. The molecule has 2 N–H and O–H groups in total. The van der Waals surface area contributed by atoms with Crippen LogP contribution < -0.4 is 5.73 Å². The van der Waals surface area contributed by atoms with E-state index in [0.29, 0.717) is 12.5 Å². The van der Waals surface area contributed by atoms with Crippen molar-refractivity contribution in [2.24, 2.45) is 11.7 Å². The van der Waals surface area contributed by atoms with E-state index in [2.05, 4.69) is 32.6 Å². The summed E-state index contributed by atoms with van der Waals surface area (Å²) in [6.07, 6.45) is 1.13. The molecule has 5 heteroatoms. The lowest BCUT2D eigenvalue weighted by atomic mass is 10.1. The van der Waals surface area contributed by atoms with Crippen LogP contribution in [0.25, 0.3) is 0 Å². The molecular formula is C13H28ClN3O. The maximum atomic E-state index is 12.2. The van der Waals surface area contributed by atoms with E-state index < -0.39 is 0 Å². The van der Waals surface area contributed by atoms with Gasteiger partial charge in [0.05, 0.1) is 6.54 Å². The third-order valence-electron chi connectivity index (χ3n) is 3.46. The predicted molar refractivity (Wildman–Crippen MR) is 78.0 cm³/mol. The van der Waals surface area contributed by atoms with Gasteiger partial charge in [-0.3, -0.25) is 9.69 Å². The van der Waals surface area contributed by atoms with Gasteiger partial charge in [-0.2, -0.15) is 0 Å². The number of hydrogen-bond acceptors (Lipinski definition) is 3. The largest absolute Gasteiger partial charge is 0.337 e. The molecule has 1 heterocycles. The zero-order valence-corrected chi connectivity index (χ0v) is 12.9. The Bertz CT molecular complexity index is 251. The van der Waals surface area contributed by atoms with Gasteiger partial charge in [-0.05, 0) is 53.1 Å². The Labute approximate surface area is 117 Å². The van der Waals surface area contributed by atoms with Crippen molar-refractivity contribution in [1.82, 2.24) is 9.80 Å². The summed E-state index contributed by atoms with van der Waals surface area (Å²) >= 11 is 0. The van der Waals surface area contributed by atoms with E-state index in [0.717, 1.165) is 26.1 Å². The van der Waals surface area contributed by atoms with E-state index in [1.165, 1.54) is 0 Å². The lowest BCUT2D eigenvalue weighted by molar-refractivity contribution is -0.135. The van der Waals surface area contributed by atoms with E-state index in [1.54, 1.807) is 0 Å². The number of nitrogens with zero attached hydrogens (tertiary/aromatic N) is 2. The fraction of sp³-hybridized carbons (Fsp3) is 0.923. The van der Waals surface area contributed by atoms with Gasteiger partial charge in [0.2, 0.25) is 5.91 Å². The molecule has 108 valence electrons. The molecule has 0 aliphatic carbocycles. The van der Waals surface area contributed by atoms with Gasteiger partial charge in [-0.1, -0.05) is 0 Å². The average Bonchev–Trinajstić information content (AvgIpc) is 2.64. The number of nitrogens with two attached hydrogens (primary N) is 1. The molecule has 1 saturated heterocycles. The zero-order chi connectivity index (χ0) is 13.0. The van der Waals surface area contributed by atoms with Crippen LogP contribution in [0.2, 0.25) is 0 Å². The van der Waals surface area contributed by atoms with Crippen molar-refractivity contribution < 1.29 is 4.79 Å². The number of carbonyl (C=O) groups excluding carboxylic acids is 1. The van der Waals surface area contributed by atoms with Crippen molar-refractivity contribution >= 4 is 18.3 Å². The molecule has 1 aliphatic rings. The van der Waals surface area contributed by atoms with E-state index in [9.17, 15) is 4.79 Å². The van der Waals surface area contributed by atoms with Crippen LogP contribution in [0, 0.1) is 5.92 Å². The fourth-order valence-electron chi connectivity index (χ4n) is 2.69. The highest BCUT2D eigenvalue weighted by atomic mass is 35.5. The van der Waals surface area contributed by atoms with Crippen molar-refractivity contribution in [1.29, 1.82) is 0 Å². The predicted octanol–water partition coefficient (Wildman–Crippen LogP) is 1.33. The van der Waals surface area contributed by atoms with Crippen LogP contribution in [0.4, 0.5) is 0 Å². The van der Waals surface area contributed by atoms with Crippen LogP contribution in [0.3, 0.4) is 0 Å². The zero-order valence-electron chi connectivity index (χ0n) is 12.1. The van der Waals surface area contributed by atoms with Gasteiger partial charge >= 0.3 is 0 Å². The summed E-state index contributed by atoms with van der Waals surface area (Å²) in [5.74, 6) is 0.821. The first-order valence-corrected chi connectivity index (χ1v) is 6.69. The minimum atomic E-state index is 0. The van der Waals surface area contributed by atoms with Gasteiger partial charge in [0.1, 0.15) is 0 Å². The highest BCUT2D eigenvalue weighted by molar-refractivity contribution is 5.85. The van der Waals surface area contributed by atoms with Crippen LogP contribution in [0.5, 0.6) is 0 Å².